The van der Waals surface area contributed by atoms with Gasteiger partial charge in [-0.05, 0) is 41.5 Å². The predicted octanol–water partition coefficient (Wildman–Crippen LogP) is 3.14. The second kappa shape index (κ2) is 4.15. The summed E-state index contributed by atoms with van der Waals surface area (Å²) in [6.45, 7) is 12.4. The van der Waals surface area contributed by atoms with Gasteiger partial charge >= 0.3 is 7.12 Å². The van der Waals surface area contributed by atoms with Gasteiger partial charge in [-0.3, -0.25) is 0 Å². The van der Waals surface area contributed by atoms with E-state index < -0.39 is 0 Å². The first-order chi connectivity index (χ1) is 6.74. The maximum Gasteiger partial charge on any atom is 0.487 e. The van der Waals surface area contributed by atoms with Crippen molar-refractivity contribution in [2.75, 3.05) is 0 Å². The Kier molecular flexibility index (Phi) is 3.46. The minimum atomic E-state index is -0.243. The Morgan fingerprint density at radius 2 is 1.47 bits per heavy atom. The monoisotopic (exact) mass is 208 g/mol. The van der Waals surface area contributed by atoms with Crippen molar-refractivity contribution in [2.45, 2.75) is 52.7 Å². The molecule has 1 rings (SSSR count). The van der Waals surface area contributed by atoms with Crippen molar-refractivity contribution in [3.8, 4) is 0 Å². The second-order valence-corrected chi connectivity index (χ2v) is 5.25. The van der Waals surface area contributed by atoms with Crippen molar-refractivity contribution in [3.63, 3.8) is 0 Å². The Morgan fingerprint density at radius 3 is 1.87 bits per heavy atom. The highest BCUT2D eigenvalue weighted by atomic mass is 16.7. The Bertz CT molecular complexity index is 270. The van der Waals surface area contributed by atoms with Crippen molar-refractivity contribution >= 4 is 7.12 Å². The first-order valence-electron chi connectivity index (χ1n) is 5.42. The molecular formula is C12H21BO2. The molecule has 84 valence electrons. The van der Waals surface area contributed by atoms with Gasteiger partial charge in [0.05, 0.1) is 11.2 Å². The fourth-order valence-electron chi connectivity index (χ4n) is 1.31. The Balaban J connectivity index is 2.64. The lowest BCUT2D eigenvalue weighted by molar-refractivity contribution is 0.00578. The minimum Gasteiger partial charge on any atom is -0.400 e. The molecule has 0 radical (unpaired) electrons. The van der Waals surface area contributed by atoms with Gasteiger partial charge in [-0.1, -0.05) is 23.7 Å². The quantitative estimate of drug-likeness (QED) is 0.512. The summed E-state index contributed by atoms with van der Waals surface area (Å²) >= 11 is 0. The van der Waals surface area contributed by atoms with Crippen molar-refractivity contribution in [1.82, 2.24) is 0 Å². The molecule has 0 aliphatic carbocycles. The molecule has 0 aromatic rings. The smallest absolute Gasteiger partial charge is 0.400 e. The molecule has 0 atom stereocenters. The highest BCUT2D eigenvalue weighted by Crippen LogP contribution is 2.36. The van der Waals surface area contributed by atoms with Gasteiger partial charge in [0, 0.05) is 0 Å². The van der Waals surface area contributed by atoms with Gasteiger partial charge in [-0.15, -0.1) is 0 Å². The molecule has 1 aliphatic rings. The van der Waals surface area contributed by atoms with Gasteiger partial charge in [-0.25, -0.2) is 0 Å². The number of rotatable bonds is 2. The zero-order chi connectivity index (χ0) is 11.7. The van der Waals surface area contributed by atoms with E-state index in [-0.39, 0.29) is 18.3 Å². The van der Waals surface area contributed by atoms with Crippen LogP contribution in [0.2, 0.25) is 0 Å². The summed E-state index contributed by atoms with van der Waals surface area (Å²) in [5.74, 6) is 1.95. The zero-order valence-electron chi connectivity index (χ0n) is 10.6. The highest BCUT2D eigenvalue weighted by Gasteiger charge is 2.49. The van der Waals surface area contributed by atoms with Crippen molar-refractivity contribution in [3.05, 3.63) is 23.7 Å². The molecule has 1 aliphatic heterocycles. The third kappa shape index (κ3) is 2.96. The fourth-order valence-corrected chi connectivity index (χ4v) is 1.31. The van der Waals surface area contributed by atoms with Crippen molar-refractivity contribution in [1.29, 1.82) is 0 Å². The molecule has 1 fully saturated rings. The molecular weight excluding hydrogens is 187 g/mol. The van der Waals surface area contributed by atoms with Crippen LogP contribution in [-0.4, -0.2) is 18.3 Å². The number of allylic oxidation sites excluding steroid dienone is 3. The SMILES string of the molecule is CC(C)=C/C=C/B1OC(C)(C)C(C)(C)O1. The Morgan fingerprint density at radius 1 is 1.00 bits per heavy atom. The standard InChI is InChI=1S/C12H21BO2/c1-10(2)8-7-9-13-14-11(3,4)12(5,6)15-13/h7-9H,1-6H3/b9-7+. The molecule has 0 unspecified atom stereocenters. The van der Waals surface area contributed by atoms with Crippen LogP contribution < -0.4 is 0 Å². The summed E-state index contributed by atoms with van der Waals surface area (Å²) < 4.78 is 11.6. The van der Waals surface area contributed by atoms with Crippen molar-refractivity contribution in [2.24, 2.45) is 0 Å². The molecule has 15 heavy (non-hydrogen) atoms. The van der Waals surface area contributed by atoms with Gasteiger partial charge in [0.15, 0.2) is 0 Å². The van der Waals surface area contributed by atoms with E-state index in [1.165, 1.54) is 5.57 Å². The van der Waals surface area contributed by atoms with E-state index in [4.69, 9.17) is 9.31 Å². The van der Waals surface area contributed by atoms with E-state index in [0.717, 1.165) is 0 Å². The Hall–Kier alpha value is -0.535. The molecule has 1 heterocycles. The van der Waals surface area contributed by atoms with Crippen LogP contribution in [0.5, 0.6) is 0 Å². The zero-order valence-corrected chi connectivity index (χ0v) is 10.6. The van der Waals surface area contributed by atoms with Gasteiger partial charge in [-0.2, -0.15) is 0 Å². The first-order valence-corrected chi connectivity index (χ1v) is 5.42. The topological polar surface area (TPSA) is 18.5 Å². The summed E-state index contributed by atoms with van der Waals surface area (Å²) in [5, 5.41) is 0. The predicted molar refractivity (Wildman–Crippen MR) is 64.7 cm³/mol. The molecule has 0 aromatic carbocycles. The van der Waals surface area contributed by atoms with Crippen LogP contribution in [-0.2, 0) is 9.31 Å². The van der Waals surface area contributed by atoms with Crippen LogP contribution in [0.1, 0.15) is 41.5 Å². The number of hydrogen-bond acceptors (Lipinski definition) is 2. The summed E-state index contributed by atoms with van der Waals surface area (Å²) in [5.41, 5.74) is 0.780. The molecule has 1 saturated heterocycles. The lowest BCUT2D eigenvalue weighted by Gasteiger charge is -2.32. The van der Waals surface area contributed by atoms with E-state index in [1.807, 2.05) is 18.1 Å². The molecule has 0 bridgehead atoms. The van der Waals surface area contributed by atoms with E-state index >= 15 is 0 Å². The fraction of sp³-hybridized carbons (Fsp3) is 0.667. The van der Waals surface area contributed by atoms with Gasteiger partial charge < -0.3 is 9.31 Å². The molecule has 2 nitrogen and oxygen atoms in total. The molecule has 0 spiro atoms. The van der Waals surface area contributed by atoms with Crippen molar-refractivity contribution < 1.29 is 9.31 Å². The maximum atomic E-state index is 5.81. The average molecular weight is 208 g/mol. The Labute approximate surface area is 93.5 Å². The summed E-state index contributed by atoms with van der Waals surface area (Å²) in [4.78, 5) is 0. The van der Waals surface area contributed by atoms with Crippen LogP contribution in [0.3, 0.4) is 0 Å². The van der Waals surface area contributed by atoms with Gasteiger partial charge in [0.1, 0.15) is 0 Å². The normalized spacial score (nSPS) is 23.5. The molecule has 0 amide bonds. The van der Waals surface area contributed by atoms with Crippen LogP contribution in [0.25, 0.3) is 0 Å². The summed E-state index contributed by atoms with van der Waals surface area (Å²) in [6, 6.07) is 0. The second-order valence-electron chi connectivity index (χ2n) is 5.25. The maximum absolute atomic E-state index is 5.81. The van der Waals surface area contributed by atoms with E-state index in [1.54, 1.807) is 0 Å². The van der Waals surface area contributed by atoms with E-state index in [0.29, 0.717) is 0 Å². The van der Waals surface area contributed by atoms with Gasteiger partial charge in [0.25, 0.3) is 0 Å². The molecule has 0 N–H and O–H groups in total. The van der Waals surface area contributed by atoms with Crippen LogP contribution >= 0.6 is 0 Å². The van der Waals surface area contributed by atoms with Crippen LogP contribution in [0.4, 0.5) is 0 Å². The minimum absolute atomic E-state index is 0.231. The first kappa shape index (κ1) is 12.5. The molecule has 0 aromatic heterocycles. The van der Waals surface area contributed by atoms with E-state index in [9.17, 15) is 0 Å². The van der Waals surface area contributed by atoms with E-state index in [2.05, 4.69) is 41.5 Å². The molecule has 3 heteroatoms. The lowest BCUT2D eigenvalue weighted by atomic mass is 9.90. The third-order valence-corrected chi connectivity index (χ3v) is 2.97. The average Bonchev–Trinajstić information content (AvgIpc) is 2.19. The van der Waals surface area contributed by atoms with Gasteiger partial charge in [0.2, 0.25) is 0 Å². The largest absolute Gasteiger partial charge is 0.487 e. The third-order valence-electron chi connectivity index (χ3n) is 2.97. The lowest BCUT2D eigenvalue weighted by Crippen LogP contribution is -2.41. The molecule has 0 saturated carbocycles. The summed E-state index contributed by atoms with van der Waals surface area (Å²) in [7, 11) is -0.231. The number of hydrogen-bond donors (Lipinski definition) is 0. The van der Waals surface area contributed by atoms with Crippen LogP contribution in [0.15, 0.2) is 23.7 Å². The van der Waals surface area contributed by atoms with Crippen LogP contribution in [0, 0.1) is 0 Å². The highest BCUT2D eigenvalue weighted by molar-refractivity contribution is 6.51. The summed E-state index contributed by atoms with van der Waals surface area (Å²) in [6.07, 6.45) is 4.03.